The second-order valence-electron chi connectivity index (χ2n) is 27.6. The highest BCUT2D eigenvalue weighted by molar-refractivity contribution is 6.61. The molecule has 2 aromatic carbocycles. The highest BCUT2D eigenvalue weighted by Crippen LogP contribution is 2.25. The molecular weight excluding hydrogens is 1260 g/mol. The molecule has 566 valence electrons. The Labute approximate surface area is 600 Å². The van der Waals surface area contributed by atoms with Crippen LogP contribution >= 0.6 is 11.6 Å². The lowest BCUT2D eigenvalue weighted by Gasteiger charge is -2.18. The molecule has 0 spiro atoms. The molecule has 2 aromatic rings. The summed E-state index contributed by atoms with van der Waals surface area (Å²) in [6, 6.07) is 10.5. The summed E-state index contributed by atoms with van der Waals surface area (Å²) in [7, 11) is 0. The number of benzene rings is 2. The summed E-state index contributed by atoms with van der Waals surface area (Å²) in [6.45, 7) is 14.7. The van der Waals surface area contributed by atoms with Crippen molar-refractivity contribution in [1.29, 1.82) is 0 Å². The molecule has 4 unspecified atom stereocenters. The minimum Gasteiger partial charge on any atom is -0.465 e. The van der Waals surface area contributed by atoms with E-state index in [4.69, 9.17) is 30.5 Å². The normalized spacial score (nSPS) is 12.2. The Hall–Kier alpha value is -4.83. The Morgan fingerprint density at radius 1 is 0.367 bits per heavy atom. The van der Waals surface area contributed by atoms with E-state index in [1.165, 1.54) is 273 Å². The fraction of sp³-hybridized carbons (Fsp3) is 0.802. The van der Waals surface area contributed by atoms with E-state index in [2.05, 4.69) is 46.3 Å². The van der Waals surface area contributed by atoms with E-state index < -0.39 is 21.4 Å². The summed E-state index contributed by atoms with van der Waals surface area (Å²) >= 11 is 4.92. The van der Waals surface area contributed by atoms with Crippen molar-refractivity contribution in [2.45, 2.75) is 394 Å². The number of hydrogen-bond donors (Lipinski definition) is 1. The van der Waals surface area contributed by atoms with E-state index in [1.54, 1.807) is 0 Å². The number of ether oxygens (including phenoxy) is 5. The first-order chi connectivity index (χ1) is 47.6. The molecule has 0 radical (unpaired) electrons. The number of nitro benzene ring substituents is 2. The number of aliphatic hydroxyl groups is 1. The van der Waals surface area contributed by atoms with Gasteiger partial charge in [0.25, 0.3) is 11.4 Å². The van der Waals surface area contributed by atoms with Crippen molar-refractivity contribution in [3.63, 3.8) is 0 Å². The van der Waals surface area contributed by atoms with Crippen molar-refractivity contribution in [1.82, 2.24) is 0 Å². The molecule has 2 rings (SSSR count). The van der Waals surface area contributed by atoms with Gasteiger partial charge >= 0.3 is 23.5 Å². The van der Waals surface area contributed by atoms with Crippen LogP contribution in [0.1, 0.15) is 382 Å². The molecular formula is C81H141ClN2O14. The molecule has 0 fully saturated rings. The van der Waals surface area contributed by atoms with Gasteiger partial charge < -0.3 is 28.8 Å². The first-order valence-corrected chi connectivity index (χ1v) is 40.2. The molecule has 17 heteroatoms. The maximum atomic E-state index is 12.5. The van der Waals surface area contributed by atoms with Crippen molar-refractivity contribution in [2.24, 2.45) is 11.8 Å². The van der Waals surface area contributed by atoms with E-state index in [-0.39, 0.29) is 47.0 Å². The van der Waals surface area contributed by atoms with E-state index in [1.807, 2.05) is 0 Å². The molecule has 0 saturated carbocycles. The van der Waals surface area contributed by atoms with Gasteiger partial charge in [-0.25, -0.2) is 9.59 Å². The standard InChI is InChI=1S/C40H69NO7.C34H68O3.C7H4ClNO4/c1-4-7-10-12-13-14-15-18-22-27-37(47-40(43)48-38-32-30-36(31-33-38)41(44)45)28-23-19-16-17-20-24-29-39(42)46-34-35(25-9-6-3)26-21-11-8-5-2;1-4-7-10-12-13-14-15-16-19-23-28-33(35)29-24-20-17-18-21-25-30-34(36)37-31-32(26-9-6-3)27-22-11-8-5-2;8-7(10)13-6-3-1-5(2-4-6)9(11)12/h30-33,35,37H,4-29,34H2,1-3H3;32-33,35H,4-31H2,1-3H3;1-4H. The Kier molecular flexibility index (Phi) is 65.9. The summed E-state index contributed by atoms with van der Waals surface area (Å²) in [4.78, 5) is 67.4. The van der Waals surface area contributed by atoms with Crippen LogP contribution in [0.4, 0.5) is 21.0 Å². The lowest BCUT2D eigenvalue weighted by molar-refractivity contribution is -0.385. The average molecular weight is 1400 g/mol. The predicted molar refractivity (Wildman–Crippen MR) is 403 cm³/mol. The molecule has 0 aliphatic rings. The fourth-order valence-corrected chi connectivity index (χ4v) is 12.3. The van der Waals surface area contributed by atoms with Crippen LogP contribution in [0.25, 0.3) is 0 Å². The number of halogens is 1. The SMILES string of the molecule is CCCCCCCCCCCC(CCCCCCCCC(=O)OCC(CCCC)CCCCCC)OC(=O)Oc1ccc([N+](=O)[O-])cc1.CCCCCCCCCCCCC(O)CCCCCCCCC(=O)OCC(CCCC)CCCCCC.O=C(Cl)Oc1ccc([N+](=O)[O-])cc1. The van der Waals surface area contributed by atoms with Crippen molar-refractivity contribution in [3.8, 4) is 11.5 Å². The smallest absolute Gasteiger partial charge is 0.465 e. The van der Waals surface area contributed by atoms with Crippen LogP contribution < -0.4 is 9.47 Å². The molecule has 1 N–H and O–H groups in total. The molecule has 0 amide bonds. The van der Waals surface area contributed by atoms with Crippen molar-refractivity contribution >= 4 is 46.5 Å². The number of hydrogen-bond acceptors (Lipinski definition) is 14. The van der Waals surface area contributed by atoms with E-state index >= 15 is 0 Å². The summed E-state index contributed by atoms with van der Waals surface area (Å²) in [5.41, 5.74) is -1.11. The van der Waals surface area contributed by atoms with Gasteiger partial charge in [0.15, 0.2) is 0 Å². The van der Waals surface area contributed by atoms with Crippen molar-refractivity contribution < 1.29 is 57.8 Å². The molecule has 0 aliphatic carbocycles. The van der Waals surface area contributed by atoms with Crippen LogP contribution in [-0.4, -0.2) is 63.9 Å². The summed E-state index contributed by atoms with van der Waals surface area (Å²) < 4.78 is 26.8. The minimum absolute atomic E-state index is 0.00477. The number of non-ortho nitro benzene ring substituents is 2. The number of unbranched alkanes of at least 4 members (excludes halogenated alkanes) is 35. The second-order valence-corrected chi connectivity index (χ2v) is 27.9. The van der Waals surface area contributed by atoms with Crippen LogP contribution in [-0.2, 0) is 23.8 Å². The number of aliphatic hydroxyl groups excluding tert-OH is 1. The van der Waals surface area contributed by atoms with Gasteiger partial charge in [0.2, 0.25) is 0 Å². The summed E-state index contributed by atoms with van der Waals surface area (Å²) in [5, 5.41) is 31.3. The first kappa shape index (κ1) is 93.2. The third-order valence-corrected chi connectivity index (χ3v) is 18.5. The summed E-state index contributed by atoms with van der Waals surface area (Å²) in [5.74, 6) is 1.41. The monoisotopic (exact) mass is 1400 g/mol. The number of rotatable bonds is 64. The van der Waals surface area contributed by atoms with Gasteiger partial charge in [-0.05, 0) is 113 Å². The number of nitro groups is 2. The van der Waals surface area contributed by atoms with Gasteiger partial charge in [0.05, 0.1) is 29.2 Å². The highest BCUT2D eigenvalue weighted by atomic mass is 35.5. The van der Waals surface area contributed by atoms with Gasteiger partial charge in [-0.1, -0.05) is 292 Å². The molecule has 0 aliphatic heterocycles. The third kappa shape index (κ3) is 61.1. The lowest BCUT2D eigenvalue weighted by Crippen LogP contribution is -2.21. The number of esters is 2. The van der Waals surface area contributed by atoms with Crippen LogP contribution in [0.5, 0.6) is 11.5 Å². The van der Waals surface area contributed by atoms with E-state index in [9.17, 15) is 44.5 Å². The number of carbonyl (C=O) groups excluding carboxylic acids is 4. The molecule has 4 atom stereocenters. The van der Waals surface area contributed by atoms with E-state index in [0.717, 1.165) is 103 Å². The Morgan fingerprint density at radius 3 is 0.949 bits per heavy atom. The van der Waals surface area contributed by atoms with Gasteiger partial charge in [-0.3, -0.25) is 29.8 Å². The summed E-state index contributed by atoms with van der Waals surface area (Å²) in [6.07, 6.45) is 60.9. The number of carbonyl (C=O) groups is 4. The van der Waals surface area contributed by atoms with Crippen LogP contribution in [0.15, 0.2) is 48.5 Å². The topological polar surface area (TPSA) is 221 Å². The zero-order valence-corrected chi connectivity index (χ0v) is 63.6. The first-order valence-electron chi connectivity index (χ1n) is 39.9. The van der Waals surface area contributed by atoms with Crippen LogP contribution in [0.2, 0.25) is 0 Å². The average Bonchev–Trinajstić information content (AvgIpc) is 1.06. The Balaban J connectivity index is 0.00000165. The fourth-order valence-electron chi connectivity index (χ4n) is 12.2. The minimum atomic E-state index is -0.978. The predicted octanol–water partition coefficient (Wildman–Crippen LogP) is 26.3. The van der Waals surface area contributed by atoms with Crippen molar-refractivity contribution in [3.05, 3.63) is 68.8 Å². The zero-order valence-electron chi connectivity index (χ0n) is 62.8. The van der Waals surface area contributed by atoms with Crippen LogP contribution in [0, 0.1) is 32.1 Å². The zero-order chi connectivity index (χ0) is 72.2. The molecule has 16 nitrogen and oxygen atoms in total. The molecule has 0 aromatic heterocycles. The number of nitrogens with zero attached hydrogens (tertiary/aromatic N) is 2. The maximum absolute atomic E-state index is 12.5. The molecule has 0 heterocycles. The highest BCUT2D eigenvalue weighted by Gasteiger charge is 2.19. The van der Waals surface area contributed by atoms with Gasteiger partial charge in [0.1, 0.15) is 17.6 Å². The Morgan fingerprint density at radius 2 is 0.633 bits per heavy atom. The third-order valence-electron chi connectivity index (χ3n) is 18.4. The molecule has 98 heavy (non-hydrogen) atoms. The van der Waals surface area contributed by atoms with Gasteiger partial charge in [-0.2, -0.15) is 0 Å². The Bertz CT molecular complexity index is 2180. The van der Waals surface area contributed by atoms with Gasteiger partial charge in [0, 0.05) is 48.7 Å². The lowest BCUT2D eigenvalue weighted by atomic mass is 9.96. The van der Waals surface area contributed by atoms with Crippen LogP contribution in [0.3, 0.4) is 0 Å². The van der Waals surface area contributed by atoms with Crippen molar-refractivity contribution in [2.75, 3.05) is 13.2 Å². The van der Waals surface area contributed by atoms with E-state index in [0.29, 0.717) is 37.9 Å². The maximum Gasteiger partial charge on any atom is 0.514 e. The molecule has 0 bridgehead atoms. The molecule has 0 saturated heterocycles. The quantitative estimate of drug-likeness (QED) is 0.0124. The second kappa shape index (κ2) is 69.3. The van der Waals surface area contributed by atoms with Gasteiger partial charge in [-0.15, -0.1) is 0 Å². The largest absolute Gasteiger partial charge is 0.514 e.